The van der Waals surface area contributed by atoms with Crippen LogP contribution in [0.3, 0.4) is 0 Å². The Morgan fingerprint density at radius 2 is 2.29 bits per heavy atom. The number of carbonyl (C=O) groups is 1. The molecule has 8 nitrogen and oxygen atoms in total. The number of carbonyl (C=O) groups excluding carboxylic acids is 1. The van der Waals surface area contributed by atoms with Crippen molar-refractivity contribution in [3.05, 3.63) is 45.9 Å². The number of hydrogen-bond donors (Lipinski definition) is 2. The topological polar surface area (TPSA) is 102 Å². The molecule has 1 fully saturated rings. The summed E-state index contributed by atoms with van der Waals surface area (Å²) in [5.74, 6) is 0.672. The quantitative estimate of drug-likeness (QED) is 0.802. The Morgan fingerprint density at radius 3 is 2.96 bits per heavy atom. The summed E-state index contributed by atoms with van der Waals surface area (Å²) in [5.41, 5.74) is 1.54. The fourth-order valence-electron chi connectivity index (χ4n) is 2.89. The Balaban J connectivity index is 1.53. The smallest absolute Gasteiger partial charge is 0.251 e. The van der Waals surface area contributed by atoms with Crippen LogP contribution in [0.4, 0.5) is 0 Å². The second-order valence-corrected chi connectivity index (χ2v) is 6.11. The van der Waals surface area contributed by atoms with Crippen molar-refractivity contribution >= 4 is 5.91 Å². The van der Waals surface area contributed by atoms with E-state index in [1.54, 1.807) is 18.0 Å². The lowest BCUT2D eigenvalue weighted by Gasteiger charge is -2.35. The van der Waals surface area contributed by atoms with E-state index in [-0.39, 0.29) is 36.6 Å². The van der Waals surface area contributed by atoms with Gasteiger partial charge < -0.3 is 15.0 Å². The van der Waals surface area contributed by atoms with Gasteiger partial charge in [0, 0.05) is 37.0 Å². The van der Waals surface area contributed by atoms with Crippen molar-refractivity contribution in [3.8, 4) is 0 Å². The van der Waals surface area contributed by atoms with Gasteiger partial charge in [-0.15, -0.1) is 0 Å². The first-order valence-corrected chi connectivity index (χ1v) is 7.92. The van der Waals surface area contributed by atoms with E-state index in [9.17, 15) is 9.59 Å². The molecule has 0 aliphatic heterocycles. The lowest BCUT2D eigenvalue weighted by molar-refractivity contribution is -0.123. The molecule has 0 spiro atoms. The summed E-state index contributed by atoms with van der Waals surface area (Å²) in [5, 5.41) is 7.10. The molecule has 0 radical (unpaired) electrons. The molecule has 0 aromatic carbocycles. The second-order valence-electron chi connectivity index (χ2n) is 6.11. The number of aromatic nitrogens is 4. The summed E-state index contributed by atoms with van der Waals surface area (Å²) >= 11 is 0. The fraction of sp³-hybridized carbons (Fsp3) is 0.500. The van der Waals surface area contributed by atoms with Crippen LogP contribution in [0, 0.1) is 6.92 Å². The Kier molecular flexibility index (Phi) is 4.75. The largest absolute Gasteiger partial charge is 0.377 e. The molecular weight excluding hydrogens is 310 g/mol. The highest BCUT2D eigenvalue weighted by Gasteiger charge is 2.32. The first kappa shape index (κ1) is 16.4. The molecule has 1 aliphatic carbocycles. The molecule has 2 N–H and O–H groups in total. The van der Waals surface area contributed by atoms with Crippen molar-refractivity contribution < 1.29 is 9.53 Å². The summed E-state index contributed by atoms with van der Waals surface area (Å²) in [6.45, 7) is 2.41. The van der Waals surface area contributed by atoms with Gasteiger partial charge in [-0.25, -0.2) is 4.98 Å². The van der Waals surface area contributed by atoms with Gasteiger partial charge in [0.05, 0.1) is 5.69 Å². The van der Waals surface area contributed by atoms with E-state index < -0.39 is 0 Å². The molecule has 1 saturated carbocycles. The third kappa shape index (κ3) is 3.70. The van der Waals surface area contributed by atoms with Gasteiger partial charge in [-0.05, 0) is 25.8 Å². The van der Waals surface area contributed by atoms with E-state index in [4.69, 9.17) is 4.74 Å². The number of aryl methyl sites for hydroxylation is 1. The highest BCUT2D eigenvalue weighted by atomic mass is 16.5. The van der Waals surface area contributed by atoms with Gasteiger partial charge in [0.1, 0.15) is 19.0 Å². The first-order chi connectivity index (χ1) is 11.5. The Bertz CT molecular complexity index is 776. The van der Waals surface area contributed by atoms with E-state index in [0.717, 1.165) is 24.2 Å². The predicted molar refractivity (Wildman–Crippen MR) is 86.4 cm³/mol. The van der Waals surface area contributed by atoms with Crippen molar-refractivity contribution in [1.29, 1.82) is 0 Å². The number of amides is 1. The van der Waals surface area contributed by atoms with Crippen LogP contribution >= 0.6 is 0 Å². The fourth-order valence-corrected chi connectivity index (χ4v) is 2.89. The monoisotopic (exact) mass is 331 g/mol. The van der Waals surface area contributed by atoms with Crippen LogP contribution < -0.4 is 10.9 Å². The third-order valence-corrected chi connectivity index (χ3v) is 4.24. The van der Waals surface area contributed by atoms with E-state index in [2.05, 4.69) is 20.4 Å². The first-order valence-electron chi connectivity index (χ1n) is 7.92. The van der Waals surface area contributed by atoms with E-state index >= 15 is 0 Å². The maximum atomic E-state index is 12.0. The lowest BCUT2D eigenvalue weighted by Crippen LogP contribution is -2.45. The van der Waals surface area contributed by atoms with Crippen molar-refractivity contribution in [1.82, 2.24) is 25.1 Å². The van der Waals surface area contributed by atoms with Crippen LogP contribution in [0.2, 0.25) is 0 Å². The molecular formula is C16H21N5O3. The standard InChI is InChI=1S/C16H21N5O3/c1-10-3-4-17-21(10)8-16(23)18-12-5-11(6-12)13-7-15(22)20-14(19-13)9-24-2/h3-4,7,11-12H,5-6,8-9H2,1-2H3,(H,18,23)(H,19,20,22). The molecule has 0 saturated heterocycles. The molecule has 0 atom stereocenters. The Labute approximate surface area is 139 Å². The van der Waals surface area contributed by atoms with E-state index in [1.807, 2.05) is 13.0 Å². The number of nitrogens with one attached hydrogen (secondary N) is 2. The predicted octanol–water partition coefficient (Wildman–Crippen LogP) is 0.484. The summed E-state index contributed by atoms with van der Waals surface area (Å²) in [7, 11) is 1.56. The summed E-state index contributed by atoms with van der Waals surface area (Å²) < 4.78 is 6.67. The van der Waals surface area contributed by atoms with Crippen LogP contribution in [-0.4, -0.2) is 38.8 Å². The molecule has 2 aromatic heterocycles. The number of H-pyrrole nitrogens is 1. The van der Waals surface area contributed by atoms with Gasteiger partial charge in [-0.3, -0.25) is 14.3 Å². The number of methoxy groups -OCH3 is 1. The second kappa shape index (κ2) is 6.96. The summed E-state index contributed by atoms with van der Waals surface area (Å²) in [6.07, 6.45) is 3.25. The molecule has 2 heterocycles. The highest BCUT2D eigenvalue weighted by Crippen LogP contribution is 2.35. The minimum Gasteiger partial charge on any atom is -0.377 e. The van der Waals surface area contributed by atoms with Gasteiger partial charge >= 0.3 is 0 Å². The number of nitrogens with zero attached hydrogens (tertiary/aromatic N) is 3. The number of hydrogen-bond acceptors (Lipinski definition) is 5. The zero-order chi connectivity index (χ0) is 17.1. The van der Waals surface area contributed by atoms with Gasteiger partial charge in [-0.1, -0.05) is 0 Å². The van der Waals surface area contributed by atoms with E-state index in [0.29, 0.717) is 5.82 Å². The molecule has 2 aromatic rings. The van der Waals surface area contributed by atoms with Crippen LogP contribution in [0.25, 0.3) is 0 Å². The van der Waals surface area contributed by atoms with Crippen molar-refractivity contribution in [2.75, 3.05) is 7.11 Å². The SMILES string of the molecule is COCc1nc(C2CC(NC(=O)Cn3nccc3C)C2)cc(=O)[nH]1. The zero-order valence-corrected chi connectivity index (χ0v) is 13.8. The molecule has 1 aliphatic rings. The van der Waals surface area contributed by atoms with Crippen molar-refractivity contribution in [2.45, 2.75) is 44.9 Å². The maximum absolute atomic E-state index is 12.0. The van der Waals surface area contributed by atoms with Crippen LogP contribution in [-0.2, 0) is 22.7 Å². The van der Waals surface area contributed by atoms with Gasteiger partial charge in [0.15, 0.2) is 0 Å². The summed E-state index contributed by atoms with van der Waals surface area (Å²) in [6, 6.07) is 3.50. The van der Waals surface area contributed by atoms with Gasteiger partial charge in [-0.2, -0.15) is 5.10 Å². The van der Waals surface area contributed by atoms with Gasteiger partial charge in [0.2, 0.25) is 5.91 Å². The minimum atomic E-state index is -0.173. The maximum Gasteiger partial charge on any atom is 0.251 e. The molecule has 1 amide bonds. The summed E-state index contributed by atoms with van der Waals surface area (Å²) in [4.78, 5) is 30.8. The van der Waals surface area contributed by atoms with Crippen LogP contribution in [0.5, 0.6) is 0 Å². The third-order valence-electron chi connectivity index (χ3n) is 4.24. The van der Waals surface area contributed by atoms with Gasteiger partial charge in [0.25, 0.3) is 5.56 Å². The zero-order valence-electron chi connectivity index (χ0n) is 13.8. The van der Waals surface area contributed by atoms with Crippen molar-refractivity contribution in [2.24, 2.45) is 0 Å². The Morgan fingerprint density at radius 1 is 1.50 bits per heavy atom. The molecule has 0 bridgehead atoms. The molecule has 8 heteroatoms. The normalized spacial score (nSPS) is 19.8. The van der Waals surface area contributed by atoms with Crippen LogP contribution in [0.1, 0.15) is 36.0 Å². The number of rotatable bonds is 6. The minimum absolute atomic E-state index is 0.0517. The molecule has 3 rings (SSSR count). The number of ether oxygens (including phenoxy) is 1. The average molecular weight is 331 g/mol. The Hall–Kier alpha value is -2.48. The molecule has 0 unspecified atom stereocenters. The lowest BCUT2D eigenvalue weighted by atomic mass is 9.78. The average Bonchev–Trinajstić information content (AvgIpc) is 2.87. The number of aromatic amines is 1. The van der Waals surface area contributed by atoms with Crippen molar-refractivity contribution in [3.63, 3.8) is 0 Å². The molecule has 128 valence electrons. The van der Waals surface area contributed by atoms with E-state index in [1.165, 1.54) is 6.07 Å². The molecule has 24 heavy (non-hydrogen) atoms. The van der Waals surface area contributed by atoms with Crippen LogP contribution in [0.15, 0.2) is 23.1 Å². The highest BCUT2D eigenvalue weighted by molar-refractivity contribution is 5.76.